The lowest BCUT2D eigenvalue weighted by molar-refractivity contribution is -0.133. The van der Waals surface area contributed by atoms with Crippen LogP contribution in [-0.2, 0) is 31.5 Å². The molecule has 132 valence electrons. The van der Waals surface area contributed by atoms with Crippen molar-refractivity contribution in [3.63, 3.8) is 0 Å². The number of rotatable bonds is 3. The smallest absolute Gasteiger partial charge is 0.226 e. The van der Waals surface area contributed by atoms with E-state index < -0.39 is 0 Å². The standard InChI is InChI=1S/C20H21N5O/c1-23-9-7-17-18(23)13-24(20(26)14-5-6-14)10-15-11-25(22-19(15)17)12-16-4-2-3-8-21-16/h2-4,7-9,11,14H,5-6,10,12-13H2,1H3. The predicted molar refractivity (Wildman–Crippen MR) is 97.0 cm³/mol. The molecule has 0 unspecified atom stereocenters. The predicted octanol–water partition coefficient (Wildman–Crippen LogP) is 2.58. The lowest BCUT2D eigenvalue weighted by Gasteiger charge is -2.21. The summed E-state index contributed by atoms with van der Waals surface area (Å²) in [7, 11) is 2.04. The maximum absolute atomic E-state index is 12.7. The van der Waals surface area contributed by atoms with Gasteiger partial charge in [-0.3, -0.25) is 14.5 Å². The van der Waals surface area contributed by atoms with Crippen LogP contribution >= 0.6 is 0 Å². The van der Waals surface area contributed by atoms with Gasteiger partial charge < -0.3 is 9.47 Å². The second-order valence-electron chi connectivity index (χ2n) is 7.28. The van der Waals surface area contributed by atoms with E-state index in [1.54, 1.807) is 6.20 Å². The summed E-state index contributed by atoms with van der Waals surface area (Å²) >= 11 is 0. The number of hydrogen-bond acceptors (Lipinski definition) is 3. The first kappa shape index (κ1) is 15.4. The maximum atomic E-state index is 12.7. The number of fused-ring (bicyclic) bond motifs is 3. The van der Waals surface area contributed by atoms with Crippen molar-refractivity contribution in [1.82, 2.24) is 24.2 Å². The average molecular weight is 347 g/mol. The van der Waals surface area contributed by atoms with Gasteiger partial charge in [0, 0.05) is 54.9 Å². The molecule has 1 fully saturated rings. The molecule has 0 spiro atoms. The highest BCUT2D eigenvalue weighted by Gasteiger charge is 2.36. The van der Waals surface area contributed by atoms with Gasteiger partial charge in [0.15, 0.2) is 0 Å². The molecule has 3 aromatic heterocycles. The molecule has 5 rings (SSSR count). The fraction of sp³-hybridized carbons (Fsp3) is 0.350. The minimum absolute atomic E-state index is 0.226. The van der Waals surface area contributed by atoms with Gasteiger partial charge in [0.25, 0.3) is 0 Å². The zero-order chi connectivity index (χ0) is 17.7. The quantitative estimate of drug-likeness (QED) is 0.732. The third-order valence-corrected chi connectivity index (χ3v) is 5.28. The minimum Gasteiger partial charge on any atom is -0.352 e. The van der Waals surface area contributed by atoms with Gasteiger partial charge >= 0.3 is 0 Å². The Hall–Kier alpha value is -2.89. The Morgan fingerprint density at radius 2 is 2.12 bits per heavy atom. The van der Waals surface area contributed by atoms with Crippen LogP contribution < -0.4 is 0 Å². The highest BCUT2D eigenvalue weighted by molar-refractivity contribution is 5.82. The summed E-state index contributed by atoms with van der Waals surface area (Å²) < 4.78 is 4.05. The summed E-state index contributed by atoms with van der Waals surface area (Å²) in [5.74, 6) is 0.506. The Bertz CT molecular complexity index is 968. The monoisotopic (exact) mass is 347 g/mol. The van der Waals surface area contributed by atoms with Crippen molar-refractivity contribution in [1.29, 1.82) is 0 Å². The molecule has 0 aromatic carbocycles. The molecule has 0 N–H and O–H groups in total. The summed E-state index contributed by atoms with van der Waals surface area (Å²) in [6, 6.07) is 8.02. The zero-order valence-corrected chi connectivity index (χ0v) is 14.8. The highest BCUT2D eigenvalue weighted by Crippen LogP contribution is 2.36. The molecule has 0 saturated heterocycles. The van der Waals surface area contributed by atoms with Crippen LogP contribution in [0.3, 0.4) is 0 Å². The van der Waals surface area contributed by atoms with Gasteiger partial charge in [0.1, 0.15) is 0 Å². The van der Waals surface area contributed by atoms with E-state index in [0.29, 0.717) is 19.6 Å². The lowest BCUT2D eigenvalue weighted by Crippen LogP contribution is -2.31. The molecule has 1 aliphatic carbocycles. The minimum atomic E-state index is 0.226. The van der Waals surface area contributed by atoms with Crippen molar-refractivity contribution in [3.8, 4) is 11.3 Å². The van der Waals surface area contributed by atoms with Crippen molar-refractivity contribution in [3.05, 3.63) is 59.8 Å². The first-order chi connectivity index (χ1) is 12.7. The van der Waals surface area contributed by atoms with Gasteiger partial charge in [-0.15, -0.1) is 0 Å². The van der Waals surface area contributed by atoms with Crippen LogP contribution in [0.5, 0.6) is 0 Å². The molecule has 6 heteroatoms. The molecule has 1 saturated carbocycles. The van der Waals surface area contributed by atoms with Crippen LogP contribution in [-0.4, -0.2) is 30.1 Å². The Labute approximate surface area is 152 Å². The van der Waals surface area contributed by atoms with E-state index in [0.717, 1.165) is 41.1 Å². The van der Waals surface area contributed by atoms with Crippen molar-refractivity contribution >= 4 is 5.91 Å². The Balaban J connectivity index is 1.54. The molecule has 0 bridgehead atoms. The van der Waals surface area contributed by atoms with Crippen LogP contribution in [0.4, 0.5) is 0 Å². The zero-order valence-electron chi connectivity index (χ0n) is 14.8. The molecule has 1 aliphatic heterocycles. The van der Waals surface area contributed by atoms with E-state index in [2.05, 4.69) is 28.0 Å². The molecular weight excluding hydrogens is 326 g/mol. The van der Waals surface area contributed by atoms with Crippen molar-refractivity contribution in [2.45, 2.75) is 32.5 Å². The lowest BCUT2D eigenvalue weighted by atomic mass is 10.1. The van der Waals surface area contributed by atoms with Crippen molar-refractivity contribution < 1.29 is 4.79 Å². The summed E-state index contributed by atoms with van der Waals surface area (Å²) in [5, 5.41) is 4.84. The average Bonchev–Trinajstić information content (AvgIpc) is 3.37. The fourth-order valence-electron chi connectivity index (χ4n) is 3.71. The first-order valence-electron chi connectivity index (χ1n) is 9.08. The van der Waals surface area contributed by atoms with Gasteiger partial charge in [-0.25, -0.2) is 0 Å². The van der Waals surface area contributed by atoms with Gasteiger partial charge in [-0.05, 0) is 31.0 Å². The Kier molecular flexibility index (Phi) is 3.45. The van der Waals surface area contributed by atoms with Gasteiger partial charge in [-0.1, -0.05) is 6.07 Å². The van der Waals surface area contributed by atoms with Crippen LogP contribution in [0, 0.1) is 5.92 Å². The summed E-state index contributed by atoms with van der Waals surface area (Å²) in [5.41, 5.74) is 5.36. The van der Waals surface area contributed by atoms with E-state index in [4.69, 9.17) is 5.10 Å². The number of aryl methyl sites for hydroxylation is 1. The number of hydrogen-bond donors (Lipinski definition) is 0. The molecule has 0 radical (unpaired) electrons. The van der Waals surface area contributed by atoms with Crippen LogP contribution in [0.1, 0.15) is 29.8 Å². The first-order valence-corrected chi connectivity index (χ1v) is 9.08. The van der Waals surface area contributed by atoms with Crippen molar-refractivity contribution in [2.24, 2.45) is 13.0 Å². The third kappa shape index (κ3) is 2.62. The van der Waals surface area contributed by atoms with E-state index in [1.165, 1.54) is 0 Å². The topological polar surface area (TPSA) is 56.0 Å². The number of nitrogens with zero attached hydrogens (tertiary/aromatic N) is 5. The van der Waals surface area contributed by atoms with Crippen molar-refractivity contribution in [2.75, 3.05) is 0 Å². The Morgan fingerprint density at radius 1 is 1.23 bits per heavy atom. The molecular formula is C20H21N5O. The van der Waals surface area contributed by atoms with E-state index >= 15 is 0 Å². The number of carbonyl (C=O) groups excluding carboxylic acids is 1. The third-order valence-electron chi connectivity index (χ3n) is 5.28. The molecule has 1 amide bonds. The summed E-state index contributed by atoms with van der Waals surface area (Å²) in [6.45, 7) is 1.92. The molecule has 6 nitrogen and oxygen atoms in total. The second-order valence-corrected chi connectivity index (χ2v) is 7.28. The van der Waals surface area contributed by atoms with Crippen LogP contribution in [0.2, 0.25) is 0 Å². The number of amides is 1. The molecule has 3 aromatic rings. The number of pyridine rings is 1. The summed E-state index contributed by atoms with van der Waals surface area (Å²) in [6.07, 6.45) is 7.98. The van der Waals surface area contributed by atoms with Gasteiger partial charge in [0.05, 0.1) is 24.5 Å². The molecule has 2 aliphatic rings. The summed E-state index contributed by atoms with van der Waals surface area (Å²) in [4.78, 5) is 19.1. The van der Waals surface area contributed by atoms with E-state index in [9.17, 15) is 4.79 Å². The van der Waals surface area contributed by atoms with Gasteiger partial charge in [0.2, 0.25) is 5.91 Å². The fourth-order valence-corrected chi connectivity index (χ4v) is 3.71. The molecule has 0 atom stereocenters. The second kappa shape index (κ2) is 5.83. The van der Waals surface area contributed by atoms with Crippen LogP contribution in [0.25, 0.3) is 11.3 Å². The molecule has 26 heavy (non-hydrogen) atoms. The number of carbonyl (C=O) groups is 1. The maximum Gasteiger partial charge on any atom is 0.226 e. The van der Waals surface area contributed by atoms with Gasteiger partial charge in [-0.2, -0.15) is 5.10 Å². The van der Waals surface area contributed by atoms with Crippen LogP contribution in [0.15, 0.2) is 42.9 Å². The highest BCUT2D eigenvalue weighted by atomic mass is 16.2. The molecule has 4 heterocycles. The normalized spacial score (nSPS) is 16.1. The van der Waals surface area contributed by atoms with E-state index in [1.807, 2.05) is 34.8 Å². The Morgan fingerprint density at radius 3 is 2.88 bits per heavy atom. The number of aromatic nitrogens is 4. The largest absolute Gasteiger partial charge is 0.352 e. The van der Waals surface area contributed by atoms with E-state index in [-0.39, 0.29) is 11.8 Å². The SMILES string of the molecule is Cn1ccc2c1CN(C(=O)C1CC1)Cc1cn(Cc3ccccn3)nc1-2.